The lowest BCUT2D eigenvalue weighted by molar-refractivity contribution is 0.0953. The van der Waals surface area contributed by atoms with Crippen molar-refractivity contribution in [1.29, 1.82) is 0 Å². The first kappa shape index (κ1) is 19.6. The minimum absolute atomic E-state index is 0.166. The molecule has 2 N–H and O–H groups in total. The van der Waals surface area contributed by atoms with E-state index in [1.54, 1.807) is 0 Å². The van der Waals surface area contributed by atoms with Gasteiger partial charge in [-0.2, -0.15) is 0 Å². The van der Waals surface area contributed by atoms with Gasteiger partial charge in [0.05, 0.1) is 17.0 Å². The number of anilines is 1. The normalized spacial score (nSPS) is 11.2. The summed E-state index contributed by atoms with van der Waals surface area (Å²) in [5.41, 5.74) is 1.76. The van der Waals surface area contributed by atoms with E-state index in [1.807, 2.05) is 24.3 Å². The summed E-state index contributed by atoms with van der Waals surface area (Å²) in [6, 6.07) is 12.0. The van der Waals surface area contributed by atoms with Crippen LogP contribution in [0.2, 0.25) is 10.0 Å². The van der Waals surface area contributed by atoms with Gasteiger partial charge < -0.3 is 5.32 Å². The summed E-state index contributed by atoms with van der Waals surface area (Å²) in [5, 5.41) is 3.68. The largest absolute Gasteiger partial charge is 0.352 e. The molecule has 0 radical (unpaired) electrons. The molecule has 5 nitrogen and oxygen atoms in total. The molecule has 1 amide bonds. The van der Waals surface area contributed by atoms with E-state index in [1.165, 1.54) is 18.2 Å². The summed E-state index contributed by atoms with van der Waals surface area (Å²) in [7, 11) is -3.42. The summed E-state index contributed by atoms with van der Waals surface area (Å²) in [6.45, 7) is 0.516. The van der Waals surface area contributed by atoms with Crippen molar-refractivity contribution < 1.29 is 13.2 Å². The van der Waals surface area contributed by atoms with Crippen molar-refractivity contribution in [2.24, 2.45) is 0 Å². The second kappa shape index (κ2) is 8.56. The summed E-state index contributed by atoms with van der Waals surface area (Å²) in [5.74, 6) is -0.260. The fraction of sp³-hybridized carbons (Fsp3) is 0.235. The van der Waals surface area contributed by atoms with Crippen molar-refractivity contribution >= 4 is 44.8 Å². The third kappa shape index (κ3) is 6.57. The molecule has 0 aliphatic heterocycles. The van der Waals surface area contributed by atoms with Gasteiger partial charge in [-0.3, -0.25) is 9.52 Å². The molecule has 2 aromatic carbocycles. The maximum atomic E-state index is 12.1. The predicted octanol–water partition coefficient (Wildman–Crippen LogP) is 3.73. The van der Waals surface area contributed by atoms with Crippen LogP contribution in [0.3, 0.4) is 0 Å². The van der Waals surface area contributed by atoms with E-state index in [2.05, 4.69) is 10.0 Å². The van der Waals surface area contributed by atoms with Crippen LogP contribution in [0.4, 0.5) is 5.69 Å². The number of amides is 1. The number of carbonyl (C=O) groups excluding carboxylic acids is 1. The van der Waals surface area contributed by atoms with E-state index >= 15 is 0 Å². The smallest absolute Gasteiger partial charge is 0.251 e. The number of benzene rings is 2. The molecule has 0 saturated heterocycles. The first-order valence-corrected chi connectivity index (χ1v) is 10.2. The SMILES string of the molecule is CS(=O)(=O)Nc1ccc(C(=O)NCCCc2ccc(Cl)cc2)cc1Cl. The molecule has 0 unspecified atom stereocenters. The Balaban J connectivity index is 1.86. The van der Waals surface area contributed by atoms with Gasteiger partial charge in [0.1, 0.15) is 0 Å². The van der Waals surface area contributed by atoms with Gasteiger partial charge in [-0.1, -0.05) is 35.3 Å². The molecule has 0 saturated carbocycles. The number of carbonyl (C=O) groups is 1. The molecule has 0 heterocycles. The molecule has 0 spiro atoms. The number of nitrogens with one attached hydrogen (secondary N) is 2. The van der Waals surface area contributed by atoms with Crippen molar-refractivity contribution in [2.45, 2.75) is 12.8 Å². The van der Waals surface area contributed by atoms with Crippen LogP contribution in [0.25, 0.3) is 0 Å². The van der Waals surface area contributed by atoms with Crippen molar-refractivity contribution in [1.82, 2.24) is 5.32 Å². The second-order valence-corrected chi connectivity index (χ2v) is 8.15. The molecule has 2 aromatic rings. The van der Waals surface area contributed by atoms with Crippen LogP contribution < -0.4 is 10.0 Å². The molecule has 0 bridgehead atoms. The number of halogens is 2. The number of hydrogen-bond acceptors (Lipinski definition) is 3. The average Bonchev–Trinajstić information content (AvgIpc) is 2.53. The highest BCUT2D eigenvalue weighted by Gasteiger charge is 2.11. The molecule has 2 rings (SSSR count). The third-order valence-electron chi connectivity index (χ3n) is 3.37. The van der Waals surface area contributed by atoms with E-state index in [-0.39, 0.29) is 16.6 Å². The van der Waals surface area contributed by atoms with Crippen LogP contribution in [-0.2, 0) is 16.4 Å². The van der Waals surface area contributed by atoms with Crippen LogP contribution >= 0.6 is 23.2 Å². The van der Waals surface area contributed by atoms with Crippen molar-refractivity contribution in [3.63, 3.8) is 0 Å². The standard InChI is InChI=1S/C17H18Cl2N2O3S/c1-25(23,24)21-16-9-6-13(11-15(16)19)17(22)20-10-2-3-12-4-7-14(18)8-5-12/h4-9,11,21H,2-3,10H2,1H3,(H,20,22). The Hall–Kier alpha value is -1.76. The van der Waals surface area contributed by atoms with E-state index in [0.717, 1.165) is 24.7 Å². The number of rotatable bonds is 7. The number of sulfonamides is 1. The second-order valence-electron chi connectivity index (χ2n) is 5.55. The highest BCUT2D eigenvalue weighted by Crippen LogP contribution is 2.23. The predicted molar refractivity (Wildman–Crippen MR) is 102 cm³/mol. The summed E-state index contributed by atoms with van der Waals surface area (Å²) >= 11 is 11.9. The van der Waals surface area contributed by atoms with Crippen molar-refractivity contribution in [3.05, 3.63) is 63.6 Å². The lowest BCUT2D eigenvalue weighted by atomic mass is 10.1. The molecule has 0 aliphatic carbocycles. The average molecular weight is 401 g/mol. The van der Waals surface area contributed by atoms with Gasteiger partial charge in [-0.25, -0.2) is 8.42 Å². The lowest BCUT2D eigenvalue weighted by Crippen LogP contribution is -2.24. The number of aryl methyl sites for hydroxylation is 1. The zero-order valence-electron chi connectivity index (χ0n) is 13.6. The van der Waals surface area contributed by atoms with Gasteiger partial charge in [0.2, 0.25) is 10.0 Å². The Morgan fingerprint density at radius 3 is 2.36 bits per heavy atom. The molecule has 0 atom stereocenters. The minimum Gasteiger partial charge on any atom is -0.352 e. The topological polar surface area (TPSA) is 75.3 Å². The highest BCUT2D eigenvalue weighted by molar-refractivity contribution is 7.92. The molecule has 25 heavy (non-hydrogen) atoms. The van der Waals surface area contributed by atoms with Gasteiger partial charge in [0.15, 0.2) is 0 Å². The molecular formula is C17H18Cl2N2O3S. The maximum Gasteiger partial charge on any atom is 0.251 e. The van der Waals surface area contributed by atoms with Gasteiger partial charge in [0.25, 0.3) is 5.91 Å². The fourth-order valence-corrected chi connectivity index (χ4v) is 3.17. The van der Waals surface area contributed by atoms with Gasteiger partial charge in [-0.15, -0.1) is 0 Å². The fourth-order valence-electron chi connectivity index (χ4n) is 2.19. The van der Waals surface area contributed by atoms with Crippen molar-refractivity contribution in [2.75, 3.05) is 17.5 Å². The third-order valence-corrected chi connectivity index (χ3v) is 4.52. The first-order valence-electron chi connectivity index (χ1n) is 7.54. The zero-order valence-corrected chi connectivity index (χ0v) is 15.9. The summed E-state index contributed by atoms with van der Waals surface area (Å²) in [4.78, 5) is 12.1. The monoisotopic (exact) mass is 400 g/mol. The number of hydrogen-bond donors (Lipinski definition) is 2. The Morgan fingerprint density at radius 1 is 1.08 bits per heavy atom. The van der Waals surface area contributed by atoms with Gasteiger partial charge in [0, 0.05) is 17.1 Å². The van der Waals surface area contributed by atoms with Crippen molar-refractivity contribution in [3.8, 4) is 0 Å². The Labute approximate surface area is 157 Å². The van der Waals surface area contributed by atoms with Crippen LogP contribution in [0.1, 0.15) is 22.3 Å². The maximum absolute atomic E-state index is 12.1. The summed E-state index contributed by atoms with van der Waals surface area (Å²) in [6.07, 6.45) is 2.65. The molecule has 0 aliphatic rings. The molecular weight excluding hydrogens is 383 g/mol. The van der Waals surface area contributed by atoms with Crippen LogP contribution in [-0.4, -0.2) is 27.1 Å². The highest BCUT2D eigenvalue weighted by atomic mass is 35.5. The van der Waals surface area contributed by atoms with Crippen LogP contribution in [0.15, 0.2) is 42.5 Å². The van der Waals surface area contributed by atoms with E-state index in [0.29, 0.717) is 17.1 Å². The van der Waals surface area contributed by atoms with E-state index in [4.69, 9.17) is 23.2 Å². The molecule has 134 valence electrons. The quantitative estimate of drug-likeness (QED) is 0.695. The molecule has 0 fully saturated rings. The molecule has 0 aromatic heterocycles. The Kier molecular flexibility index (Phi) is 6.70. The minimum atomic E-state index is -3.42. The summed E-state index contributed by atoms with van der Waals surface area (Å²) < 4.78 is 24.7. The van der Waals surface area contributed by atoms with Crippen LogP contribution in [0.5, 0.6) is 0 Å². The Morgan fingerprint density at radius 2 is 1.76 bits per heavy atom. The zero-order chi connectivity index (χ0) is 18.4. The van der Waals surface area contributed by atoms with E-state index < -0.39 is 10.0 Å². The molecule has 8 heteroatoms. The van der Waals surface area contributed by atoms with E-state index in [9.17, 15) is 13.2 Å². The lowest BCUT2D eigenvalue weighted by Gasteiger charge is -2.09. The first-order chi connectivity index (χ1) is 11.7. The Bertz CT molecular complexity index is 853. The van der Waals surface area contributed by atoms with Gasteiger partial charge >= 0.3 is 0 Å². The van der Waals surface area contributed by atoms with Gasteiger partial charge in [-0.05, 0) is 48.7 Å². The van der Waals surface area contributed by atoms with Crippen LogP contribution in [0, 0.1) is 0 Å².